The molecule has 5 heteroatoms. The first-order chi connectivity index (χ1) is 9.09. The Morgan fingerprint density at radius 2 is 2.00 bits per heavy atom. The van der Waals surface area contributed by atoms with Gasteiger partial charge in [0, 0.05) is 18.4 Å². The summed E-state index contributed by atoms with van der Waals surface area (Å²) in [6.07, 6.45) is 7.53. The van der Waals surface area contributed by atoms with Gasteiger partial charge < -0.3 is 15.5 Å². The number of rotatable bonds is 4. The van der Waals surface area contributed by atoms with E-state index in [9.17, 15) is 9.90 Å². The van der Waals surface area contributed by atoms with Gasteiger partial charge in [-0.15, -0.1) is 0 Å². The third kappa shape index (κ3) is 3.92. The lowest BCUT2D eigenvalue weighted by atomic mass is 9.94. The molecule has 19 heavy (non-hydrogen) atoms. The Hall–Kier alpha value is -1.62. The zero-order chi connectivity index (χ0) is 13.7. The number of aliphatic hydroxyl groups is 1. The first-order valence-corrected chi connectivity index (χ1v) is 6.75. The fourth-order valence-electron chi connectivity index (χ4n) is 2.49. The van der Waals surface area contributed by atoms with E-state index in [0.717, 1.165) is 25.7 Å². The summed E-state index contributed by atoms with van der Waals surface area (Å²) in [6, 6.07) is 3.20. The zero-order valence-electron chi connectivity index (χ0n) is 10.9. The predicted molar refractivity (Wildman–Crippen MR) is 72.3 cm³/mol. The van der Waals surface area contributed by atoms with Crippen molar-refractivity contribution < 1.29 is 15.0 Å². The number of hydrogen-bond acceptors (Lipinski definition) is 4. The van der Waals surface area contributed by atoms with E-state index in [1.165, 1.54) is 25.1 Å². The number of nitrogens with zero attached hydrogens (tertiary/aromatic N) is 1. The Balaban J connectivity index is 1.97. The predicted octanol–water partition coefficient (Wildman–Crippen LogP) is 2.28. The average Bonchev–Trinajstić information content (AvgIpc) is 2.62. The van der Waals surface area contributed by atoms with Crippen molar-refractivity contribution >= 4 is 11.7 Å². The fourth-order valence-corrected chi connectivity index (χ4v) is 2.49. The van der Waals surface area contributed by atoms with Crippen LogP contribution >= 0.6 is 0 Å². The van der Waals surface area contributed by atoms with Crippen molar-refractivity contribution in [1.29, 1.82) is 0 Å². The molecular weight excluding hydrogens is 244 g/mol. The SMILES string of the molecule is O=C(O)c1cc(NCC2(O)CCCCCC2)ccn1. The number of pyridine rings is 1. The van der Waals surface area contributed by atoms with Crippen molar-refractivity contribution in [2.45, 2.75) is 44.1 Å². The highest BCUT2D eigenvalue weighted by Gasteiger charge is 2.27. The largest absolute Gasteiger partial charge is 0.477 e. The lowest BCUT2D eigenvalue weighted by molar-refractivity contribution is 0.0381. The van der Waals surface area contributed by atoms with Crippen LogP contribution in [-0.2, 0) is 0 Å². The lowest BCUT2D eigenvalue weighted by Crippen LogP contribution is -2.36. The van der Waals surface area contributed by atoms with E-state index < -0.39 is 11.6 Å². The second kappa shape index (κ2) is 6.02. The monoisotopic (exact) mass is 264 g/mol. The number of carbonyl (C=O) groups is 1. The second-order valence-electron chi connectivity index (χ2n) is 5.23. The Morgan fingerprint density at radius 3 is 2.63 bits per heavy atom. The summed E-state index contributed by atoms with van der Waals surface area (Å²) in [4.78, 5) is 14.6. The third-order valence-electron chi connectivity index (χ3n) is 3.63. The molecule has 0 aromatic carbocycles. The smallest absolute Gasteiger partial charge is 0.354 e. The van der Waals surface area contributed by atoms with Gasteiger partial charge in [0.2, 0.25) is 0 Å². The maximum atomic E-state index is 10.8. The number of carboxylic acids is 1. The Bertz CT molecular complexity index is 440. The number of carboxylic acid groups (broad SMARTS) is 1. The summed E-state index contributed by atoms with van der Waals surface area (Å²) in [5.41, 5.74) is 0.0197. The summed E-state index contributed by atoms with van der Waals surface area (Å²) in [6.45, 7) is 0.454. The van der Waals surface area contributed by atoms with Crippen LogP contribution in [0.2, 0.25) is 0 Å². The highest BCUT2D eigenvalue weighted by atomic mass is 16.4. The Morgan fingerprint density at radius 1 is 1.32 bits per heavy atom. The molecule has 3 N–H and O–H groups in total. The van der Waals surface area contributed by atoms with Gasteiger partial charge in [-0.3, -0.25) is 0 Å². The van der Waals surface area contributed by atoms with E-state index in [1.807, 2.05) is 0 Å². The second-order valence-corrected chi connectivity index (χ2v) is 5.23. The molecule has 0 radical (unpaired) electrons. The van der Waals surface area contributed by atoms with Gasteiger partial charge in [0.25, 0.3) is 0 Å². The molecule has 0 aliphatic heterocycles. The topological polar surface area (TPSA) is 82.5 Å². The van der Waals surface area contributed by atoms with Gasteiger partial charge in [-0.25, -0.2) is 9.78 Å². The van der Waals surface area contributed by atoms with Crippen molar-refractivity contribution in [2.75, 3.05) is 11.9 Å². The van der Waals surface area contributed by atoms with Gasteiger partial charge in [-0.1, -0.05) is 25.7 Å². The standard InChI is InChI=1S/C14H20N2O3/c17-13(18)12-9-11(5-8-15-12)16-10-14(19)6-3-1-2-4-7-14/h5,8-9,19H,1-4,6-7,10H2,(H,15,16)(H,17,18). The van der Waals surface area contributed by atoms with Gasteiger partial charge in [0.15, 0.2) is 0 Å². The third-order valence-corrected chi connectivity index (χ3v) is 3.63. The van der Waals surface area contributed by atoms with Gasteiger partial charge in [-0.2, -0.15) is 0 Å². The summed E-state index contributed by atoms with van der Waals surface area (Å²) in [5.74, 6) is -1.04. The van der Waals surface area contributed by atoms with Crippen LogP contribution < -0.4 is 5.32 Å². The highest BCUT2D eigenvalue weighted by molar-refractivity contribution is 5.86. The molecule has 1 aromatic rings. The fraction of sp³-hybridized carbons (Fsp3) is 0.571. The van der Waals surface area contributed by atoms with E-state index in [0.29, 0.717) is 12.2 Å². The van der Waals surface area contributed by atoms with E-state index in [1.54, 1.807) is 6.07 Å². The van der Waals surface area contributed by atoms with E-state index in [2.05, 4.69) is 10.3 Å². The molecule has 1 fully saturated rings. The molecule has 1 aliphatic carbocycles. The lowest BCUT2D eigenvalue weighted by Gasteiger charge is -2.27. The highest BCUT2D eigenvalue weighted by Crippen LogP contribution is 2.27. The maximum Gasteiger partial charge on any atom is 0.354 e. The van der Waals surface area contributed by atoms with E-state index in [-0.39, 0.29) is 5.69 Å². The molecular formula is C14H20N2O3. The van der Waals surface area contributed by atoms with Gasteiger partial charge >= 0.3 is 5.97 Å². The number of anilines is 1. The molecule has 0 bridgehead atoms. The molecule has 1 aliphatic rings. The van der Waals surface area contributed by atoms with Crippen LogP contribution in [0.4, 0.5) is 5.69 Å². The number of aromatic nitrogens is 1. The van der Waals surface area contributed by atoms with Gasteiger partial charge in [-0.05, 0) is 25.0 Å². The molecule has 2 rings (SSSR count). The Kier molecular flexibility index (Phi) is 4.37. The minimum Gasteiger partial charge on any atom is -0.477 e. The number of nitrogens with one attached hydrogen (secondary N) is 1. The van der Waals surface area contributed by atoms with Crippen LogP contribution in [0.5, 0.6) is 0 Å². The molecule has 5 nitrogen and oxygen atoms in total. The maximum absolute atomic E-state index is 10.8. The number of hydrogen-bond donors (Lipinski definition) is 3. The molecule has 0 amide bonds. The van der Waals surface area contributed by atoms with Crippen LogP contribution in [0.1, 0.15) is 49.0 Å². The van der Waals surface area contributed by atoms with Crippen LogP contribution in [0, 0.1) is 0 Å². The van der Waals surface area contributed by atoms with Crippen LogP contribution in [-0.4, -0.2) is 33.3 Å². The van der Waals surface area contributed by atoms with Crippen LogP contribution in [0.3, 0.4) is 0 Å². The molecule has 1 saturated carbocycles. The van der Waals surface area contributed by atoms with Gasteiger partial charge in [0.05, 0.1) is 5.60 Å². The zero-order valence-corrected chi connectivity index (χ0v) is 10.9. The van der Waals surface area contributed by atoms with Crippen molar-refractivity contribution in [3.8, 4) is 0 Å². The molecule has 0 atom stereocenters. The molecule has 0 unspecified atom stereocenters. The van der Waals surface area contributed by atoms with Crippen molar-refractivity contribution in [3.63, 3.8) is 0 Å². The number of aromatic carboxylic acids is 1. The molecule has 104 valence electrons. The first-order valence-electron chi connectivity index (χ1n) is 6.75. The Labute approximate surface area is 112 Å². The van der Waals surface area contributed by atoms with Gasteiger partial charge in [0.1, 0.15) is 5.69 Å². The molecule has 1 heterocycles. The van der Waals surface area contributed by atoms with Crippen LogP contribution in [0.15, 0.2) is 18.3 Å². The molecule has 0 spiro atoms. The molecule has 1 aromatic heterocycles. The van der Waals surface area contributed by atoms with E-state index in [4.69, 9.17) is 5.11 Å². The van der Waals surface area contributed by atoms with E-state index >= 15 is 0 Å². The summed E-state index contributed by atoms with van der Waals surface area (Å²) >= 11 is 0. The van der Waals surface area contributed by atoms with Crippen LogP contribution in [0.25, 0.3) is 0 Å². The quantitative estimate of drug-likeness (QED) is 0.727. The van der Waals surface area contributed by atoms with Crippen molar-refractivity contribution in [1.82, 2.24) is 4.98 Å². The van der Waals surface area contributed by atoms with Crippen molar-refractivity contribution in [3.05, 3.63) is 24.0 Å². The normalized spacial score (nSPS) is 18.6. The summed E-state index contributed by atoms with van der Waals surface area (Å²) in [7, 11) is 0. The van der Waals surface area contributed by atoms with Crippen molar-refractivity contribution in [2.24, 2.45) is 0 Å². The summed E-state index contributed by atoms with van der Waals surface area (Å²) in [5, 5.41) is 22.5. The minimum atomic E-state index is -1.04. The minimum absolute atomic E-state index is 0.0119. The summed E-state index contributed by atoms with van der Waals surface area (Å²) < 4.78 is 0. The molecule has 0 saturated heterocycles. The first kappa shape index (κ1) is 13.8. The average molecular weight is 264 g/mol.